The molecule has 3 rings (SSSR count). The third-order valence-corrected chi connectivity index (χ3v) is 5.02. The van der Waals surface area contributed by atoms with Crippen LogP contribution in [0.4, 0.5) is 13.2 Å². The molecule has 1 aromatic heterocycles. The lowest BCUT2D eigenvalue weighted by atomic mass is 10.1. The highest BCUT2D eigenvalue weighted by Crippen LogP contribution is 2.29. The van der Waals surface area contributed by atoms with E-state index < -0.39 is 11.9 Å². The molecule has 2 aromatic rings. The van der Waals surface area contributed by atoms with E-state index in [4.69, 9.17) is 0 Å². The van der Waals surface area contributed by atoms with Gasteiger partial charge in [0.25, 0.3) is 0 Å². The molecule has 0 unspecified atom stereocenters. The lowest BCUT2D eigenvalue weighted by Gasteiger charge is -2.10. The van der Waals surface area contributed by atoms with Crippen molar-refractivity contribution in [3.63, 3.8) is 0 Å². The van der Waals surface area contributed by atoms with E-state index >= 15 is 0 Å². The number of guanidine groups is 1. The summed E-state index contributed by atoms with van der Waals surface area (Å²) in [7, 11) is 0. The third kappa shape index (κ3) is 4.75. The van der Waals surface area contributed by atoms with Gasteiger partial charge < -0.3 is 10.6 Å². The van der Waals surface area contributed by atoms with E-state index in [-0.39, 0.29) is 6.54 Å². The zero-order valence-corrected chi connectivity index (χ0v) is 15.3. The summed E-state index contributed by atoms with van der Waals surface area (Å²) < 4.78 is 37.8. The molecule has 2 N–H and O–H groups in total. The fraction of sp³-hybridized carbons (Fsp3) is 0.444. The summed E-state index contributed by atoms with van der Waals surface area (Å²) in [6.45, 7) is 3.34. The molecule has 0 aliphatic heterocycles. The van der Waals surface area contributed by atoms with Crippen LogP contribution in [0.15, 0.2) is 28.6 Å². The van der Waals surface area contributed by atoms with Crippen molar-refractivity contribution < 1.29 is 13.2 Å². The van der Waals surface area contributed by atoms with Gasteiger partial charge in [0, 0.05) is 11.9 Å². The standard InChI is InChI=1S/C18H21F3N4S/c1-2-22-17(24-10-16-25-15(11-26-16)18(19,20)21)23-9-12-6-7-13-4-3-5-14(13)8-12/h6-8,11H,2-5,9-10H2,1H3,(H2,22,23,24). The molecule has 0 fully saturated rings. The van der Waals surface area contributed by atoms with E-state index in [1.807, 2.05) is 6.92 Å². The average Bonchev–Trinajstić information content (AvgIpc) is 3.25. The maximum absolute atomic E-state index is 12.6. The van der Waals surface area contributed by atoms with Gasteiger partial charge in [-0.05, 0) is 42.9 Å². The maximum atomic E-state index is 12.6. The highest BCUT2D eigenvalue weighted by Gasteiger charge is 2.33. The van der Waals surface area contributed by atoms with Crippen molar-refractivity contribution in [2.75, 3.05) is 6.54 Å². The first-order valence-corrected chi connectivity index (χ1v) is 9.48. The number of aromatic nitrogens is 1. The zero-order valence-electron chi connectivity index (χ0n) is 14.5. The summed E-state index contributed by atoms with van der Waals surface area (Å²) in [5.41, 5.74) is 3.11. The van der Waals surface area contributed by atoms with E-state index in [0.29, 0.717) is 24.1 Å². The first-order valence-electron chi connectivity index (χ1n) is 8.60. The third-order valence-electron chi connectivity index (χ3n) is 4.18. The van der Waals surface area contributed by atoms with Crippen molar-refractivity contribution >= 4 is 17.3 Å². The molecule has 1 heterocycles. The number of aliphatic imine (C=N–C) groups is 1. The SMILES string of the molecule is CCNC(=NCc1ccc2c(c1)CCC2)NCc1nc(C(F)(F)F)cs1. The minimum atomic E-state index is -4.40. The second kappa shape index (κ2) is 8.07. The van der Waals surface area contributed by atoms with Crippen LogP contribution in [-0.4, -0.2) is 17.5 Å². The number of nitrogens with zero attached hydrogens (tertiary/aromatic N) is 2. The van der Waals surface area contributed by atoms with Crippen LogP contribution in [0.1, 0.15) is 40.7 Å². The van der Waals surface area contributed by atoms with Gasteiger partial charge in [-0.2, -0.15) is 13.2 Å². The molecule has 1 aliphatic rings. The predicted octanol–water partition coefficient (Wildman–Crippen LogP) is 3.91. The van der Waals surface area contributed by atoms with Crippen LogP contribution in [0.5, 0.6) is 0 Å². The molecule has 0 atom stereocenters. The summed E-state index contributed by atoms with van der Waals surface area (Å²) in [5.74, 6) is 0.566. The van der Waals surface area contributed by atoms with Crippen LogP contribution in [0.2, 0.25) is 0 Å². The Morgan fingerprint density at radius 3 is 2.77 bits per heavy atom. The summed E-state index contributed by atoms with van der Waals surface area (Å²) in [6, 6.07) is 6.46. The Bertz CT molecular complexity index is 783. The minimum absolute atomic E-state index is 0.205. The Balaban J connectivity index is 1.61. The summed E-state index contributed by atoms with van der Waals surface area (Å²) in [4.78, 5) is 8.15. The Morgan fingerprint density at radius 1 is 1.23 bits per heavy atom. The molecule has 0 saturated carbocycles. The lowest BCUT2D eigenvalue weighted by Crippen LogP contribution is -2.36. The van der Waals surface area contributed by atoms with E-state index in [1.165, 1.54) is 17.5 Å². The fourth-order valence-corrected chi connectivity index (χ4v) is 3.66. The molecule has 140 valence electrons. The number of nitrogens with one attached hydrogen (secondary N) is 2. The second-order valence-electron chi connectivity index (χ2n) is 6.13. The number of thiazole rings is 1. The van der Waals surface area contributed by atoms with Gasteiger partial charge in [0.05, 0.1) is 13.1 Å². The van der Waals surface area contributed by atoms with Gasteiger partial charge in [0.2, 0.25) is 0 Å². The quantitative estimate of drug-likeness (QED) is 0.609. The van der Waals surface area contributed by atoms with Crippen LogP contribution in [0, 0.1) is 0 Å². The lowest BCUT2D eigenvalue weighted by molar-refractivity contribution is -0.140. The van der Waals surface area contributed by atoms with Gasteiger partial charge >= 0.3 is 6.18 Å². The van der Waals surface area contributed by atoms with Gasteiger partial charge in [0.1, 0.15) is 5.01 Å². The number of alkyl halides is 3. The predicted molar refractivity (Wildman–Crippen MR) is 97.2 cm³/mol. The summed E-state index contributed by atoms with van der Waals surface area (Å²) in [6.07, 6.45) is -0.922. The molecule has 0 saturated heterocycles. The molecule has 0 bridgehead atoms. The van der Waals surface area contributed by atoms with Crippen LogP contribution in [0.25, 0.3) is 0 Å². The van der Waals surface area contributed by atoms with Crippen molar-refractivity contribution in [2.24, 2.45) is 4.99 Å². The summed E-state index contributed by atoms with van der Waals surface area (Å²) in [5, 5.41) is 7.56. The highest BCUT2D eigenvalue weighted by atomic mass is 32.1. The largest absolute Gasteiger partial charge is 0.434 e. The van der Waals surface area contributed by atoms with Crippen molar-refractivity contribution in [3.05, 3.63) is 51.0 Å². The Hall–Kier alpha value is -2.09. The molecule has 8 heteroatoms. The van der Waals surface area contributed by atoms with E-state index in [1.54, 1.807) is 0 Å². The first kappa shape index (κ1) is 18.7. The molecular weight excluding hydrogens is 361 g/mol. The zero-order chi connectivity index (χ0) is 18.6. The van der Waals surface area contributed by atoms with Crippen molar-refractivity contribution in [1.29, 1.82) is 0 Å². The molecule has 4 nitrogen and oxygen atoms in total. The van der Waals surface area contributed by atoms with Crippen LogP contribution < -0.4 is 10.6 Å². The Labute approximate surface area is 154 Å². The average molecular weight is 382 g/mol. The topological polar surface area (TPSA) is 49.3 Å². The highest BCUT2D eigenvalue weighted by molar-refractivity contribution is 7.09. The van der Waals surface area contributed by atoms with E-state index in [0.717, 1.165) is 35.1 Å². The van der Waals surface area contributed by atoms with Gasteiger partial charge in [-0.1, -0.05) is 18.2 Å². The second-order valence-corrected chi connectivity index (χ2v) is 7.07. The van der Waals surface area contributed by atoms with Crippen molar-refractivity contribution in [1.82, 2.24) is 15.6 Å². The number of benzene rings is 1. The fourth-order valence-electron chi connectivity index (χ4n) is 2.92. The summed E-state index contributed by atoms with van der Waals surface area (Å²) >= 11 is 0.988. The van der Waals surface area contributed by atoms with Gasteiger partial charge in [-0.15, -0.1) is 11.3 Å². The molecule has 1 aromatic carbocycles. The number of halogens is 3. The number of fused-ring (bicyclic) bond motifs is 1. The smallest absolute Gasteiger partial charge is 0.357 e. The molecule has 0 spiro atoms. The van der Waals surface area contributed by atoms with Gasteiger partial charge in [-0.3, -0.25) is 0 Å². The number of hydrogen-bond acceptors (Lipinski definition) is 3. The number of hydrogen-bond donors (Lipinski definition) is 2. The maximum Gasteiger partial charge on any atom is 0.434 e. The monoisotopic (exact) mass is 382 g/mol. The van der Waals surface area contributed by atoms with Crippen LogP contribution in [-0.2, 0) is 32.1 Å². The van der Waals surface area contributed by atoms with Crippen LogP contribution >= 0.6 is 11.3 Å². The molecule has 1 aliphatic carbocycles. The number of aryl methyl sites for hydroxylation is 2. The normalized spacial score (nSPS) is 14.4. The van der Waals surface area contributed by atoms with Crippen LogP contribution in [0.3, 0.4) is 0 Å². The molecular formula is C18H21F3N4S. The van der Waals surface area contributed by atoms with Crippen molar-refractivity contribution in [2.45, 2.75) is 45.5 Å². The van der Waals surface area contributed by atoms with E-state index in [2.05, 4.69) is 38.8 Å². The minimum Gasteiger partial charge on any atom is -0.357 e. The molecule has 0 radical (unpaired) electrons. The Morgan fingerprint density at radius 2 is 2.04 bits per heavy atom. The van der Waals surface area contributed by atoms with E-state index in [9.17, 15) is 13.2 Å². The van der Waals surface area contributed by atoms with Crippen molar-refractivity contribution in [3.8, 4) is 0 Å². The Kier molecular flexibility index (Phi) is 5.80. The van der Waals surface area contributed by atoms with Gasteiger partial charge in [0.15, 0.2) is 11.7 Å². The first-order chi connectivity index (χ1) is 12.5. The number of rotatable bonds is 5. The van der Waals surface area contributed by atoms with Gasteiger partial charge in [-0.25, -0.2) is 9.98 Å². The molecule has 26 heavy (non-hydrogen) atoms. The molecule has 0 amide bonds.